The third-order valence-electron chi connectivity index (χ3n) is 1.91. The summed E-state index contributed by atoms with van der Waals surface area (Å²) in [4.78, 5) is 14.4. The average Bonchev–Trinajstić information content (AvgIpc) is 2.55. The number of rotatable bonds is 4. The second-order valence-electron chi connectivity index (χ2n) is 2.93. The maximum atomic E-state index is 11.5. The van der Waals surface area contributed by atoms with Crippen LogP contribution in [0.25, 0.3) is 0 Å². The number of nitrogens with one attached hydrogen (secondary N) is 1. The van der Waals surface area contributed by atoms with E-state index in [0.717, 1.165) is 6.42 Å². The summed E-state index contributed by atoms with van der Waals surface area (Å²) in [6, 6.07) is 3.61. The van der Waals surface area contributed by atoms with E-state index in [0.29, 0.717) is 12.2 Å². The molecule has 0 aliphatic rings. The first-order chi connectivity index (χ1) is 5.75. The number of hydrogen-bond donors (Lipinski definition) is 2. The van der Waals surface area contributed by atoms with Crippen LogP contribution in [0.2, 0.25) is 0 Å². The highest BCUT2D eigenvalue weighted by atomic mass is 16.1. The van der Waals surface area contributed by atoms with Crippen molar-refractivity contribution in [3.05, 3.63) is 24.0 Å². The van der Waals surface area contributed by atoms with Crippen LogP contribution in [0.15, 0.2) is 18.3 Å². The molecule has 0 bridgehead atoms. The minimum atomic E-state index is 0.0219. The van der Waals surface area contributed by atoms with E-state index in [2.05, 4.69) is 4.98 Å². The van der Waals surface area contributed by atoms with Gasteiger partial charge in [0.25, 0.3) is 0 Å². The Hall–Kier alpha value is -1.09. The predicted octanol–water partition coefficient (Wildman–Crippen LogP) is 1.18. The third kappa shape index (κ3) is 1.95. The number of ketones is 1. The summed E-state index contributed by atoms with van der Waals surface area (Å²) in [6.45, 7) is 2.46. The van der Waals surface area contributed by atoms with Crippen molar-refractivity contribution >= 4 is 5.78 Å². The van der Waals surface area contributed by atoms with Gasteiger partial charge >= 0.3 is 0 Å². The first-order valence-electron chi connectivity index (χ1n) is 4.13. The van der Waals surface area contributed by atoms with Gasteiger partial charge in [0.1, 0.15) is 0 Å². The van der Waals surface area contributed by atoms with E-state index < -0.39 is 0 Å². The molecule has 0 fully saturated rings. The minimum absolute atomic E-state index is 0.0219. The number of carbonyl (C=O) groups is 1. The SMILES string of the molecule is CC(CCN)C(=O)c1ccc[nH]1. The van der Waals surface area contributed by atoms with Crippen LogP contribution in [0.3, 0.4) is 0 Å². The van der Waals surface area contributed by atoms with Gasteiger partial charge in [-0.05, 0) is 25.1 Å². The Kier molecular flexibility index (Phi) is 3.05. The lowest BCUT2D eigenvalue weighted by molar-refractivity contribution is 0.0921. The Morgan fingerprint density at radius 2 is 2.50 bits per heavy atom. The number of aromatic nitrogens is 1. The van der Waals surface area contributed by atoms with Crippen molar-refractivity contribution in [3.63, 3.8) is 0 Å². The standard InChI is InChI=1S/C9H14N2O/c1-7(4-5-10)9(12)8-3-2-6-11-8/h2-3,6-7,11H,4-5,10H2,1H3. The molecule has 3 heteroatoms. The average molecular weight is 166 g/mol. The van der Waals surface area contributed by atoms with Crippen LogP contribution in [0, 0.1) is 5.92 Å². The van der Waals surface area contributed by atoms with Gasteiger partial charge in [0.15, 0.2) is 5.78 Å². The zero-order valence-corrected chi connectivity index (χ0v) is 7.21. The van der Waals surface area contributed by atoms with E-state index in [4.69, 9.17) is 5.73 Å². The van der Waals surface area contributed by atoms with Crippen LogP contribution in [0.5, 0.6) is 0 Å². The fraction of sp³-hybridized carbons (Fsp3) is 0.444. The quantitative estimate of drug-likeness (QED) is 0.660. The topological polar surface area (TPSA) is 58.9 Å². The summed E-state index contributed by atoms with van der Waals surface area (Å²) >= 11 is 0. The maximum absolute atomic E-state index is 11.5. The van der Waals surface area contributed by atoms with Crippen molar-refractivity contribution in [3.8, 4) is 0 Å². The lowest BCUT2D eigenvalue weighted by Crippen LogP contribution is -2.15. The van der Waals surface area contributed by atoms with Crippen molar-refractivity contribution in [2.45, 2.75) is 13.3 Å². The third-order valence-corrected chi connectivity index (χ3v) is 1.91. The van der Waals surface area contributed by atoms with Gasteiger partial charge in [-0.25, -0.2) is 0 Å². The molecule has 3 N–H and O–H groups in total. The number of hydrogen-bond acceptors (Lipinski definition) is 2. The maximum Gasteiger partial charge on any atom is 0.181 e. The Bertz CT molecular complexity index is 241. The van der Waals surface area contributed by atoms with E-state index in [-0.39, 0.29) is 11.7 Å². The van der Waals surface area contributed by atoms with Crippen molar-refractivity contribution in [1.82, 2.24) is 4.98 Å². The molecule has 1 rings (SSSR count). The molecule has 1 unspecified atom stereocenters. The monoisotopic (exact) mass is 166 g/mol. The number of aromatic amines is 1. The number of H-pyrrole nitrogens is 1. The lowest BCUT2D eigenvalue weighted by atomic mass is 10.0. The number of nitrogens with two attached hydrogens (primary N) is 1. The highest BCUT2D eigenvalue weighted by molar-refractivity contribution is 5.95. The molecule has 0 aliphatic carbocycles. The van der Waals surface area contributed by atoms with Crippen LogP contribution >= 0.6 is 0 Å². The summed E-state index contributed by atoms with van der Waals surface area (Å²) in [5.41, 5.74) is 6.03. The first-order valence-corrected chi connectivity index (χ1v) is 4.13. The molecule has 1 atom stereocenters. The smallest absolute Gasteiger partial charge is 0.181 e. The fourth-order valence-electron chi connectivity index (χ4n) is 1.13. The van der Waals surface area contributed by atoms with Gasteiger partial charge in [0.05, 0.1) is 5.69 Å². The minimum Gasteiger partial charge on any atom is -0.359 e. The molecular weight excluding hydrogens is 152 g/mol. The zero-order valence-electron chi connectivity index (χ0n) is 7.21. The van der Waals surface area contributed by atoms with Crippen LogP contribution in [-0.2, 0) is 0 Å². The van der Waals surface area contributed by atoms with Crippen LogP contribution in [0.4, 0.5) is 0 Å². The normalized spacial score (nSPS) is 12.8. The second-order valence-corrected chi connectivity index (χ2v) is 2.93. The van der Waals surface area contributed by atoms with E-state index in [1.54, 1.807) is 12.3 Å². The van der Waals surface area contributed by atoms with Gasteiger partial charge in [-0.15, -0.1) is 0 Å². The van der Waals surface area contributed by atoms with Crippen molar-refractivity contribution in [2.75, 3.05) is 6.54 Å². The molecule has 0 saturated carbocycles. The molecule has 0 aromatic carbocycles. The summed E-state index contributed by atoms with van der Waals surface area (Å²) in [5, 5.41) is 0. The largest absolute Gasteiger partial charge is 0.359 e. The molecule has 0 saturated heterocycles. The number of carbonyl (C=O) groups excluding carboxylic acids is 1. The molecule has 1 aromatic heterocycles. The molecule has 3 nitrogen and oxygen atoms in total. The highest BCUT2D eigenvalue weighted by Crippen LogP contribution is 2.08. The van der Waals surface area contributed by atoms with E-state index in [1.807, 2.05) is 13.0 Å². The summed E-state index contributed by atoms with van der Waals surface area (Å²) < 4.78 is 0. The van der Waals surface area contributed by atoms with Crippen molar-refractivity contribution in [1.29, 1.82) is 0 Å². The van der Waals surface area contributed by atoms with Crippen LogP contribution in [-0.4, -0.2) is 17.3 Å². The number of Topliss-reactive ketones (excluding diaryl/α,β-unsaturated/α-hetero) is 1. The summed E-state index contributed by atoms with van der Waals surface area (Å²) in [7, 11) is 0. The molecule has 1 aromatic rings. The molecule has 66 valence electrons. The van der Waals surface area contributed by atoms with Gasteiger partial charge < -0.3 is 10.7 Å². The van der Waals surface area contributed by atoms with Gasteiger partial charge in [-0.1, -0.05) is 6.92 Å². The fourth-order valence-corrected chi connectivity index (χ4v) is 1.13. The molecule has 1 heterocycles. The second kappa shape index (κ2) is 4.07. The van der Waals surface area contributed by atoms with Crippen LogP contribution < -0.4 is 5.73 Å². The van der Waals surface area contributed by atoms with Gasteiger partial charge in [-0.2, -0.15) is 0 Å². The Balaban J connectivity index is 2.59. The van der Waals surface area contributed by atoms with Crippen LogP contribution in [0.1, 0.15) is 23.8 Å². The van der Waals surface area contributed by atoms with Crippen molar-refractivity contribution < 1.29 is 4.79 Å². The lowest BCUT2D eigenvalue weighted by Gasteiger charge is -2.06. The first kappa shape index (κ1) is 9.00. The van der Waals surface area contributed by atoms with Gasteiger partial charge in [0.2, 0.25) is 0 Å². The summed E-state index contributed by atoms with van der Waals surface area (Å²) in [6.07, 6.45) is 2.50. The van der Waals surface area contributed by atoms with Crippen molar-refractivity contribution in [2.24, 2.45) is 11.7 Å². The Morgan fingerprint density at radius 1 is 1.75 bits per heavy atom. The highest BCUT2D eigenvalue weighted by Gasteiger charge is 2.14. The molecule has 0 radical (unpaired) electrons. The zero-order chi connectivity index (χ0) is 8.97. The summed E-state index contributed by atoms with van der Waals surface area (Å²) in [5.74, 6) is 0.166. The Labute approximate surface area is 72.0 Å². The predicted molar refractivity (Wildman–Crippen MR) is 48.0 cm³/mol. The molecule has 0 spiro atoms. The van der Waals surface area contributed by atoms with E-state index in [1.165, 1.54) is 0 Å². The Morgan fingerprint density at radius 3 is 3.00 bits per heavy atom. The molecule has 0 aliphatic heterocycles. The molecule has 0 amide bonds. The van der Waals surface area contributed by atoms with E-state index >= 15 is 0 Å². The van der Waals surface area contributed by atoms with E-state index in [9.17, 15) is 4.79 Å². The van der Waals surface area contributed by atoms with Gasteiger partial charge in [-0.3, -0.25) is 4.79 Å². The molecular formula is C9H14N2O. The molecule has 12 heavy (non-hydrogen) atoms. The van der Waals surface area contributed by atoms with Gasteiger partial charge in [0, 0.05) is 12.1 Å².